The minimum absolute atomic E-state index is 0.112. The van der Waals surface area contributed by atoms with Gasteiger partial charge in [-0.05, 0) is 49.2 Å². The molecule has 0 aromatic heterocycles. The van der Waals surface area contributed by atoms with Gasteiger partial charge >= 0.3 is 5.97 Å². The highest BCUT2D eigenvalue weighted by molar-refractivity contribution is 7.92. The number of nitrogens with zero attached hydrogens (tertiary/aromatic N) is 1. The van der Waals surface area contributed by atoms with E-state index < -0.39 is 39.2 Å². The Morgan fingerprint density at radius 2 is 1.77 bits per heavy atom. The van der Waals surface area contributed by atoms with E-state index in [9.17, 15) is 22.4 Å². The third-order valence-corrected chi connectivity index (χ3v) is 7.59. The first-order valence-electron chi connectivity index (χ1n) is 10.4. The van der Waals surface area contributed by atoms with Crippen molar-refractivity contribution < 1.29 is 27.1 Å². The zero-order chi connectivity index (χ0) is 25.3. The number of benzene rings is 3. The maximum atomic E-state index is 13.9. The third-order valence-electron chi connectivity index (χ3n) is 5.45. The number of esters is 1. The van der Waals surface area contributed by atoms with Crippen molar-refractivity contribution in [3.63, 3.8) is 0 Å². The average Bonchev–Trinajstić information content (AvgIpc) is 3.14. The Balaban J connectivity index is 1.53. The summed E-state index contributed by atoms with van der Waals surface area (Å²) < 4.78 is 46.9. The van der Waals surface area contributed by atoms with Gasteiger partial charge in [0.1, 0.15) is 10.7 Å². The number of ether oxygens (including phenoxy) is 1. The van der Waals surface area contributed by atoms with E-state index in [-0.39, 0.29) is 27.3 Å². The van der Waals surface area contributed by atoms with Gasteiger partial charge in [0.05, 0.1) is 21.3 Å². The molecular formula is C24H19Cl2FN2O5S. The highest BCUT2D eigenvalue weighted by Gasteiger charge is 2.31. The summed E-state index contributed by atoms with van der Waals surface area (Å²) >= 11 is 12.2. The fourth-order valence-corrected chi connectivity index (χ4v) is 5.77. The summed E-state index contributed by atoms with van der Waals surface area (Å²) in [5, 5.41) is -0.453. The van der Waals surface area contributed by atoms with E-state index in [1.807, 2.05) is 31.2 Å². The Labute approximate surface area is 211 Å². The largest absolute Gasteiger partial charge is 0.452 e. The average molecular weight is 537 g/mol. The van der Waals surface area contributed by atoms with Gasteiger partial charge in [-0.25, -0.2) is 17.6 Å². The molecule has 1 unspecified atom stereocenters. The number of sulfonamides is 1. The fourth-order valence-electron chi connectivity index (χ4n) is 3.86. The maximum Gasteiger partial charge on any atom is 0.340 e. The molecule has 0 aliphatic carbocycles. The normalized spacial score (nSPS) is 15.0. The van der Waals surface area contributed by atoms with Crippen molar-refractivity contribution in [1.82, 2.24) is 0 Å². The molecule has 1 aliphatic rings. The van der Waals surface area contributed by atoms with Crippen LogP contribution in [0.15, 0.2) is 65.6 Å². The lowest BCUT2D eigenvalue weighted by atomic mass is 10.1. The molecule has 0 saturated heterocycles. The zero-order valence-corrected chi connectivity index (χ0v) is 20.6. The maximum absolute atomic E-state index is 13.9. The van der Waals surface area contributed by atoms with Crippen LogP contribution in [0, 0.1) is 5.82 Å². The Bertz CT molecular complexity index is 1430. The molecule has 182 valence electrons. The highest BCUT2D eigenvalue weighted by atomic mass is 35.5. The van der Waals surface area contributed by atoms with Crippen LogP contribution in [-0.2, 0) is 26.0 Å². The molecule has 3 aromatic carbocycles. The van der Waals surface area contributed by atoms with E-state index in [4.69, 9.17) is 27.9 Å². The summed E-state index contributed by atoms with van der Waals surface area (Å²) in [6, 6.07) is 14.5. The van der Waals surface area contributed by atoms with Crippen molar-refractivity contribution in [2.45, 2.75) is 24.3 Å². The van der Waals surface area contributed by atoms with Crippen LogP contribution in [0.4, 0.5) is 15.8 Å². The molecule has 1 aliphatic heterocycles. The summed E-state index contributed by atoms with van der Waals surface area (Å²) in [6.45, 7) is 1.31. The van der Waals surface area contributed by atoms with Crippen LogP contribution in [-0.4, -0.2) is 32.9 Å². The number of fused-ring (bicyclic) bond motifs is 1. The molecule has 0 radical (unpaired) electrons. The van der Waals surface area contributed by atoms with Crippen molar-refractivity contribution in [1.29, 1.82) is 0 Å². The first kappa shape index (κ1) is 25.0. The summed E-state index contributed by atoms with van der Waals surface area (Å²) in [5.74, 6) is -2.24. The molecular weight excluding hydrogens is 518 g/mol. The van der Waals surface area contributed by atoms with Gasteiger partial charge in [-0.15, -0.1) is 0 Å². The Kier molecular flexibility index (Phi) is 7.02. The van der Waals surface area contributed by atoms with Gasteiger partial charge in [-0.3, -0.25) is 9.52 Å². The first-order valence-corrected chi connectivity index (χ1v) is 12.7. The highest BCUT2D eigenvalue weighted by Crippen LogP contribution is 2.33. The minimum Gasteiger partial charge on any atom is -0.452 e. The second-order valence-electron chi connectivity index (χ2n) is 7.87. The molecule has 1 N–H and O–H groups in total. The van der Waals surface area contributed by atoms with Crippen molar-refractivity contribution >= 4 is 56.5 Å². The van der Waals surface area contributed by atoms with Gasteiger partial charge in [0.2, 0.25) is 0 Å². The third kappa shape index (κ3) is 5.12. The summed E-state index contributed by atoms with van der Waals surface area (Å²) in [5.41, 5.74) is 1.15. The van der Waals surface area contributed by atoms with Crippen LogP contribution < -0.4 is 9.62 Å². The van der Waals surface area contributed by atoms with Crippen LogP contribution in [0.1, 0.15) is 22.8 Å². The van der Waals surface area contributed by atoms with Crippen molar-refractivity contribution in [3.8, 4) is 0 Å². The number of amides is 1. The topological polar surface area (TPSA) is 92.8 Å². The molecule has 4 rings (SSSR count). The molecule has 3 aromatic rings. The van der Waals surface area contributed by atoms with E-state index in [2.05, 4.69) is 4.72 Å². The van der Waals surface area contributed by atoms with Crippen LogP contribution >= 0.6 is 23.2 Å². The smallest absolute Gasteiger partial charge is 0.340 e. The van der Waals surface area contributed by atoms with Gasteiger partial charge in [0, 0.05) is 11.7 Å². The quantitative estimate of drug-likeness (QED) is 0.444. The molecule has 11 heteroatoms. The number of hydrogen-bond acceptors (Lipinski definition) is 5. The Hall–Kier alpha value is -3.14. The first-order chi connectivity index (χ1) is 16.6. The number of rotatable bonds is 6. The summed E-state index contributed by atoms with van der Waals surface area (Å²) in [6.07, 6.45) is 0.676. The standard InChI is InChI=1S/C24H19Cl2FN2O5S/c1-14-10-15-6-2-5-9-21(15)29(14)23(30)13-34-24(31)16-11-22(18(26)12-17(16)25)35(32,33)28-20-8-4-3-7-19(20)27/h2-9,11-12,14,28H,10,13H2,1H3. The summed E-state index contributed by atoms with van der Waals surface area (Å²) in [4.78, 5) is 26.6. The van der Waals surface area contributed by atoms with Crippen LogP contribution in [0.2, 0.25) is 10.0 Å². The lowest BCUT2D eigenvalue weighted by Crippen LogP contribution is -2.38. The number of carbonyl (C=O) groups excluding carboxylic acids is 2. The van der Waals surface area contributed by atoms with E-state index >= 15 is 0 Å². The van der Waals surface area contributed by atoms with Gasteiger partial charge in [0.25, 0.3) is 15.9 Å². The number of anilines is 2. The van der Waals surface area contributed by atoms with E-state index in [0.717, 1.165) is 29.4 Å². The number of halogens is 3. The molecule has 1 amide bonds. The minimum atomic E-state index is -4.39. The molecule has 35 heavy (non-hydrogen) atoms. The lowest BCUT2D eigenvalue weighted by molar-refractivity contribution is -0.122. The van der Waals surface area contributed by atoms with Gasteiger partial charge in [-0.1, -0.05) is 53.5 Å². The second kappa shape index (κ2) is 9.85. The molecule has 0 saturated carbocycles. The van der Waals surface area contributed by atoms with Crippen LogP contribution in [0.25, 0.3) is 0 Å². The molecule has 0 fully saturated rings. The van der Waals surface area contributed by atoms with Crippen molar-refractivity contribution in [2.24, 2.45) is 0 Å². The predicted octanol–water partition coefficient (Wildman–Crippen LogP) is 5.07. The van der Waals surface area contributed by atoms with Crippen molar-refractivity contribution in [2.75, 3.05) is 16.2 Å². The van der Waals surface area contributed by atoms with Crippen LogP contribution in [0.5, 0.6) is 0 Å². The van der Waals surface area contributed by atoms with E-state index in [0.29, 0.717) is 6.42 Å². The molecule has 0 bridgehead atoms. The van der Waals surface area contributed by atoms with Crippen LogP contribution in [0.3, 0.4) is 0 Å². The monoisotopic (exact) mass is 536 g/mol. The second-order valence-corrected chi connectivity index (χ2v) is 10.3. The van der Waals surface area contributed by atoms with E-state index in [1.54, 1.807) is 4.90 Å². The molecule has 1 heterocycles. The van der Waals surface area contributed by atoms with Gasteiger partial charge in [-0.2, -0.15) is 0 Å². The number of nitrogens with one attached hydrogen (secondary N) is 1. The van der Waals surface area contributed by atoms with Crippen molar-refractivity contribution in [3.05, 3.63) is 87.7 Å². The number of para-hydroxylation sites is 2. The number of carbonyl (C=O) groups is 2. The van der Waals surface area contributed by atoms with E-state index in [1.165, 1.54) is 18.2 Å². The molecule has 1 atom stereocenters. The number of hydrogen-bond donors (Lipinski definition) is 1. The Morgan fingerprint density at radius 1 is 1.09 bits per heavy atom. The predicted molar refractivity (Wildman–Crippen MR) is 131 cm³/mol. The SMILES string of the molecule is CC1Cc2ccccc2N1C(=O)COC(=O)c1cc(S(=O)(=O)Nc2ccccc2F)c(Cl)cc1Cl. The molecule has 7 nitrogen and oxygen atoms in total. The zero-order valence-electron chi connectivity index (χ0n) is 18.3. The molecule has 0 spiro atoms. The fraction of sp³-hybridized carbons (Fsp3) is 0.167. The van der Waals surface area contributed by atoms with Gasteiger partial charge < -0.3 is 9.64 Å². The lowest BCUT2D eigenvalue weighted by Gasteiger charge is -2.22. The summed E-state index contributed by atoms with van der Waals surface area (Å²) in [7, 11) is -4.39. The Morgan fingerprint density at radius 3 is 2.51 bits per heavy atom. The van der Waals surface area contributed by atoms with Gasteiger partial charge in [0.15, 0.2) is 6.61 Å².